The third kappa shape index (κ3) is 45.2. The Hall–Kier alpha value is -1.59. The zero-order valence-corrected chi connectivity index (χ0v) is 50.0. The Morgan fingerprint density at radius 1 is 0.447 bits per heavy atom. The molecule has 1 amide bonds. The van der Waals surface area contributed by atoms with E-state index in [2.05, 4.69) is 55.6 Å². The lowest BCUT2D eigenvalue weighted by molar-refractivity contribution is -0.302. The van der Waals surface area contributed by atoms with Crippen LogP contribution in [0.15, 0.2) is 36.5 Å². The predicted molar refractivity (Wildman–Crippen MR) is 323 cm³/mol. The third-order valence-electron chi connectivity index (χ3n) is 16.0. The number of hydrogen-bond acceptors (Lipinski definition) is 8. The Kier molecular flexibility index (Phi) is 54.0. The molecule has 0 saturated carbocycles. The Balaban J connectivity index is 2.13. The summed E-state index contributed by atoms with van der Waals surface area (Å²) in [6.07, 6.45) is 67.7. The number of amides is 1. The first-order valence-electron chi connectivity index (χ1n) is 33.2. The van der Waals surface area contributed by atoms with Gasteiger partial charge in [-0.05, 0) is 51.4 Å². The Morgan fingerprint density at radius 2 is 0.776 bits per heavy atom. The fourth-order valence-electron chi connectivity index (χ4n) is 10.8. The maximum absolute atomic E-state index is 13.1. The van der Waals surface area contributed by atoms with Crippen LogP contribution in [0, 0.1) is 0 Å². The highest BCUT2D eigenvalue weighted by atomic mass is 16.7. The quantitative estimate of drug-likeness (QED) is 0.0261. The summed E-state index contributed by atoms with van der Waals surface area (Å²) in [5.74, 6) is -0.152. The molecule has 1 aliphatic rings. The highest BCUT2D eigenvalue weighted by Crippen LogP contribution is 2.24. The van der Waals surface area contributed by atoms with Crippen molar-refractivity contribution in [2.75, 3.05) is 13.2 Å². The number of ether oxygens (including phenoxy) is 2. The fourth-order valence-corrected chi connectivity index (χ4v) is 10.8. The second-order valence-electron chi connectivity index (χ2n) is 23.3. The van der Waals surface area contributed by atoms with Gasteiger partial charge in [0.25, 0.3) is 0 Å². The first-order chi connectivity index (χ1) is 37.3. The van der Waals surface area contributed by atoms with Crippen LogP contribution in [0.1, 0.15) is 328 Å². The van der Waals surface area contributed by atoms with E-state index >= 15 is 0 Å². The normalized spacial score (nSPS) is 19.0. The maximum atomic E-state index is 13.1. The largest absolute Gasteiger partial charge is 0.394 e. The Labute approximate surface area is 470 Å². The van der Waals surface area contributed by atoms with Gasteiger partial charge in [0.15, 0.2) is 6.29 Å². The number of hydrogen-bond donors (Lipinski definition) is 6. The van der Waals surface area contributed by atoms with Gasteiger partial charge in [-0.2, -0.15) is 0 Å². The molecule has 0 spiro atoms. The van der Waals surface area contributed by atoms with Crippen LogP contribution in [0.4, 0.5) is 0 Å². The summed E-state index contributed by atoms with van der Waals surface area (Å²) in [5, 5.41) is 54.8. The topological polar surface area (TPSA) is 149 Å². The van der Waals surface area contributed by atoms with Crippen LogP contribution in [-0.2, 0) is 14.3 Å². The smallest absolute Gasteiger partial charge is 0.220 e. The minimum Gasteiger partial charge on any atom is -0.394 e. The SMILES string of the molecule is CCCCCCC/C=C\C/C=C\C/C=C\CCCCCCCCC(=O)NC(COC1OC(CO)C(O)C(O)C1O)C(O)CCCCCCCCCCCCCCCCCCCCCCCCCCCCCCCCCC. The van der Waals surface area contributed by atoms with Crippen molar-refractivity contribution in [3.05, 3.63) is 36.5 Å². The summed E-state index contributed by atoms with van der Waals surface area (Å²) >= 11 is 0. The van der Waals surface area contributed by atoms with Crippen molar-refractivity contribution in [3.8, 4) is 0 Å². The van der Waals surface area contributed by atoms with Gasteiger partial charge < -0.3 is 40.3 Å². The number of rotatable bonds is 58. The van der Waals surface area contributed by atoms with Crippen molar-refractivity contribution >= 4 is 5.91 Å². The summed E-state index contributed by atoms with van der Waals surface area (Å²) in [6.45, 7) is 3.86. The van der Waals surface area contributed by atoms with E-state index < -0.39 is 49.5 Å². The van der Waals surface area contributed by atoms with Crippen LogP contribution in [0.2, 0.25) is 0 Å². The van der Waals surface area contributed by atoms with Crippen molar-refractivity contribution in [1.29, 1.82) is 0 Å². The van der Waals surface area contributed by atoms with Gasteiger partial charge >= 0.3 is 0 Å². The summed E-state index contributed by atoms with van der Waals surface area (Å²) in [5.41, 5.74) is 0. The summed E-state index contributed by atoms with van der Waals surface area (Å²) < 4.78 is 11.3. The van der Waals surface area contributed by atoms with E-state index in [4.69, 9.17) is 9.47 Å². The second-order valence-corrected chi connectivity index (χ2v) is 23.3. The van der Waals surface area contributed by atoms with Gasteiger partial charge in [0, 0.05) is 6.42 Å². The van der Waals surface area contributed by atoms with E-state index in [1.807, 2.05) is 0 Å². The molecular formula is C67H127NO8. The zero-order chi connectivity index (χ0) is 55.0. The van der Waals surface area contributed by atoms with Crippen molar-refractivity contribution in [2.45, 2.75) is 371 Å². The molecule has 9 heteroatoms. The van der Waals surface area contributed by atoms with Crippen molar-refractivity contribution in [3.63, 3.8) is 0 Å². The first kappa shape index (κ1) is 72.4. The molecule has 1 aliphatic heterocycles. The Bertz CT molecular complexity index is 1290. The summed E-state index contributed by atoms with van der Waals surface area (Å²) in [7, 11) is 0. The number of carbonyl (C=O) groups is 1. The highest BCUT2D eigenvalue weighted by Gasteiger charge is 2.44. The molecule has 0 aliphatic carbocycles. The lowest BCUT2D eigenvalue weighted by Gasteiger charge is -2.40. The van der Waals surface area contributed by atoms with Crippen molar-refractivity contribution < 1.29 is 39.8 Å². The molecule has 0 radical (unpaired) electrons. The van der Waals surface area contributed by atoms with E-state index in [1.54, 1.807) is 0 Å². The van der Waals surface area contributed by atoms with Gasteiger partial charge in [0.05, 0.1) is 25.4 Å². The average molecular weight is 1070 g/mol. The van der Waals surface area contributed by atoms with Gasteiger partial charge in [-0.3, -0.25) is 4.79 Å². The number of aliphatic hydroxyl groups excluding tert-OH is 5. The van der Waals surface area contributed by atoms with E-state index in [0.29, 0.717) is 12.8 Å². The monoisotopic (exact) mass is 1070 g/mol. The molecule has 1 rings (SSSR count). The molecule has 9 nitrogen and oxygen atoms in total. The molecule has 76 heavy (non-hydrogen) atoms. The van der Waals surface area contributed by atoms with E-state index in [9.17, 15) is 30.3 Å². The van der Waals surface area contributed by atoms with Gasteiger partial charge in [-0.15, -0.1) is 0 Å². The number of carbonyl (C=O) groups excluding carboxylic acids is 1. The van der Waals surface area contributed by atoms with Crippen molar-refractivity contribution in [2.24, 2.45) is 0 Å². The fraction of sp³-hybridized carbons (Fsp3) is 0.896. The van der Waals surface area contributed by atoms with Gasteiger partial charge in [-0.1, -0.05) is 307 Å². The minimum atomic E-state index is -1.56. The molecule has 1 heterocycles. The molecule has 1 fully saturated rings. The molecule has 0 bridgehead atoms. The molecule has 7 unspecified atom stereocenters. The molecule has 1 saturated heterocycles. The number of unbranched alkanes of at least 4 members (excludes halogenated alkanes) is 42. The predicted octanol–water partition coefficient (Wildman–Crippen LogP) is 17.5. The molecule has 0 aromatic rings. The molecule has 6 N–H and O–H groups in total. The molecular weight excluding hydrogens is 947 g/mol. The maximum Gasteiger partial charge on any atom is 0.220 e. The van der Waals surface area contributed by atoms with Crippen LogP contribution in [0.5, 0.6) is 0 Å². The molecule has 448 valence electrons. The minimum absolute atomic E-state index is 0.142. The lowest BCUT2D eigenvalue weighted by atomic mass is 9.99. The average Bonchev–Trinajstić information content (AvgIpc) is 3.42. The molecule has 0 aromatic carbocycles. The van der Waals surface area contributed by atoms with Gasteiger partial charge in [0.2, 0.25) is 5.91 Å². The molecule has 0 aromatic heterocycles. The Morgan fingerprint density at radius 3 is 1.14 bits per heavy atom. The number of aliphatic hydroxyl groups is 5. The summed E-state index contributed by atoms with van der Waals surface area (Å²) in [4.78, 5) is 13.1. The lowest BCUT2D eigenvalue weighted by Crippen LogP contribution is -2.60. The molecule has 7 atom stereocenters. The van der Waals surface area contributed by atoms with Crippen LogP contribution in [0.3, 0.4) is 0 Å². The van der Waals surface area contributed by atoms with Crippen LogP contribution >= 0.6 is 0 Å². The second kappa shape index (κ2) is 56.7. The first-order valence-corrected chi connectivity index (χ1v) is 33.2. The van der Waals surface area contributed by atoms with E-state index in [1.165, 1.54) is 238 Å². The summed E-state index contributed by atoms with van der Waals surface area (Å²) in [6, 6.07) is -0.728. The van der Waals surface area contributed by atoms with E-state index in [0.717, 1.165) is 64.2 Å². The van der Waals surface area contributed by atoms with Gasteiger partial charge in [-0.25, -0.2) is 0 Å². The number of nitrogens with one attached hydrogen (secondary N) is 1. The van der Waals surface area contributed by atoms with E-state index in [-0.39, 0.29) is 12.5 Å². The third-order valence-corrected chi connectivity index (χ3v) is 16.0. The standard InChI is InChI=1S/C67H127NO8/c1-3-5-7-9-11-13-15-17-19-21-23-25-26-27-28-29-30-31-32-33-34-35-37-38-40-42-44-46-48-50-52-54-56-61(70)60(59-75-67-66(74)65(73)64(72)62(58-69)76-67)68-63(71)57-55-53-51-49-47-45-43-41-39-36-24-22-20-18-16-14-12-10-8-6-4-2/h16,18,22,24,39,41,60-62,64-67,69-70,72-74H,3-15,17,19-21,23,25-38,40,42-59H2,1-2H3,(H,68,71)/b18-16-,24-22-,41-39-. The highest BCUT2D eigenvalue weighted by molar-refractivity contribution is 5.76. The number of allylic oxidation sites excluding steroid dienone is 6. The van der Waals surface area contributed by atoms with Crippen LogP contribution in [0.25, 0.3) is 0 Å². The zero-order valence-electron chi connectivity index (χ0n) is 50.0. The van der Waals surface area contributed by atoms with Gasteiger partial charge in [0.1, 0.15) is 24.4 Å². The van der Waals surface area contributed by atoms with Crippen LogP contribution in [-0.4, -0.2) is 87.5 Å². The van der Waals surface area contributed by atoms with Crippen molar-refractivity contribution in [1.82, 2.24) is 5.32 Å². The van der Waals surface area contributed by atoms with Crippen LogP contribution < -0.4 is 5.32 Å².